The minimum atomic E-state index is -0.496. The van der Waals surface area contributed by atoms with Gasteiger partial charge in [-0.25, -0.2) is 0 Å². The molecular formula is C20H19BrN4O2S. The van der Waals surface area contributed by atoms with Crippen molar-refractivity contribution in [3.8, 4) is 0 Å². The molecule has 1 aliphatic heterocycles. The molecular weight excluding hydrogens is 440 g/mol. The monoisotopic (exact) mass is 458 g/mol. The fourth-order valence-electron chi connectivity index (χ4n) is 2.52. The largest absolute Gasteiger partial charge is 0.378 e. The first kappa shape index (κ1) is 20.3. The van der Waals surface area contributed by atoms with Crippen LogP contribution >= 0.6 is 27.7 Å². The molecule has 1 amide bonds. The van der Waals surface area contributed by atoms with Gasteiger partial charge in [0, 0.05) is 36.2 Å². The Morgan fingerprint density at radius 1 is 1.18 bits per heavy atom. The van der Waals surface area contributed by atoms with E-state index < -0.39 is 5.25 Å². The SMILES string of the molecule is CN(C)c1ccc(C=NN=C2NC(=O)C(CC(=O)c3ccc(Br)cc3)S2)cc1. The van der Waals surface area contributed by atoms with Crippen LogP contribution in [0.2, 0.25) is 0 Å². The minimum absolute atomic E-state index is 0.0779. The van der Waals surface area contributed by atoms with Crippen LogP contribution in [-0.4, -0.2) is 42.4 Å². The zero-order chi connectivity index (χ0) is 20.1. The first-order chi connectivity index (χ1) is 13.4. The molecule has 0 radical (unpaired) electrons. The number of hydrogen-bond donors (Lipinski definition) is 1. The summed E-state index contributed by atoms with van der Waals surface area (Å²) in [5.74, 6) is -0.300. The second-order valence-electron chi connectivity index (χ2n) is 6.37. The molecule has 1 N–H and O–H groups in total. The summed E-state index contributed by atoms with van der Waals surface area (Å²) in [7, 11) is 3.96. The third-order valence-electron chi connectivity index (χ3n) is 4.08. The molecule has 2 aromatic rings. The van der Waals surface area contributed by atoms with E-state index in [0.29, 0.717) is 10.7 Å². The lowest BCUT2D eigenvalue weighted by atomic mass is 10.1. The summed E-state index contributed by atoms with van der Waals surface area (Å²) in [5, 5.41) is 10.7. The smallest absolute Gasteiger partial charge is 0.240 e. The maximum atomic E-state index is 12.4. The lowest BCUT2D eigenvalue weighted by Crippen LogP contribution is -2.26. The van der Waals surface area contributed by atoms with Crippen LogP contribution in [0, 0.1) is 0 Å². The number of nitrogens with zero attached hydrogens (tertiary/aromatic N) is 3. The topological polar surface area (TPSA) is 74.1 Å². The first-order valence-electron chi connectivity index (χ1n) is 8.57. The number of Topliss-reactive ketones (excluding diaryl/α,β-unsaturated/α-hetero) is 1. The number of thioether (sulfide) groups is 1. The molecule has 6 nitrogen and oxygen atoms in total. The van der Waals surface area contributed by atoms with Crippen molar-refractivity contribution in [1.82, 2.24) is 5.32 Å². The van der Waals surface area contributed by atoms with Crippen LogP contribution in [0.1, 0.15) is 22.3 Å². The maximum absolute atomic E-state index is 12.4. The molecule has 2 aromatic carbocycles. The molecule has 1 saturated heterocycles. The van der Waals surface area contributed by atoms with E-state index in [1.807, 2.05) is 55.4 Å². The molecule has 8 heteroatoms. The van der Waals surface area contributed by atoms with Gasteiger partial charge in [0.15, 0.2) is 11.0 Å². The maximum Gasteiger partial charge on any atom is 0.240 e. The van der Waals surface area contributed by atoms with Crippen LogP contribution in [0.5, 0.6) is 0 Å². The fraction of sp³-hybridized carbons (Fsp3) is 0.200. The molecule has 0 aliphatic carbocycles. The van der Waals surface area contributed by atoms with Gasteiger partial charge in [-0.05, 0) is 29.8 Å². The van der Waals surface area contributed by atoms with Gasteiger partial charge in [0.2, 0.25) is 5.91 Å². The molecule has 1 fully saturated rings. The molecule has 1 aliphatic rings. The number of carbonyl (C=O) groups excluding carboxylic acids is 2. The number of anilines is 1. The van der Waals surface area contributed by atoms with Crippen molar-refractivity contribution in [2.45, 2.75) is 11.7 Å². The third-order valence-corrected chi connectivity index (χ3v) is 5.68. The number of carbonyl (C=O) groups is 2. The highest BCUT2D eigenvalue weighted by Gasteiger charge is 2.32. The van der Waals surface area contributed by atoms with Crippen LogP contribution in [0.4, 0.5) is 5.69 Å². The normalized spacial score (nSPS) is 17.9. The number of hydrogen-bond acceptors (Lipinski definition) is 6. The van der Waals surface area contributed by atoms with E-state index >= 15 is 0 Å². The van der Waals surface area contributed by atoms with Crippen molar-refractivity contribution < 1.29 is 9.59 Å². The van der Waals surface area contributed by atoms with Crippen molar-refractivity contribution in [1.29, 1.82) is 0 Å². The van der Waals surface area contributed by atoms with E-state index in [1.54, 1.807) is 18.3 Å². The highest BCUT2D eigenvalue weighted by molar-refractivity contribution is 9.10. The molecule has 3 rings (SSSR count). The fourth-order valence-corrected chi connectivity index (χ4v) is 3.70. The van der Waals surface area contributed by atoms with Crippen molar-refractivity contribution in [3.63, 3.8) is 0 Å². The summed E-state index contributed by atoms with van der Waals surface area (Å²) >= 11 is 4.57. The van der Waals surface area contributed by atoms with Gasteiger partial charge in [-0.1, -0.05) is 52.0 Å². The Kier molecular flexibility index (Phi) is 6.64. The Balaban J connectivity index is 1.58. The van der Waals surface area contributed by atoms with Gasteiger partial charge < -0.3 is 10.2 Å². The number of rotatable bonds is 6. The zero-order valence-electron chi connectivity index (χ0n) is 15.4. The van der Waals surface area contributed by atoms with Crippen LogP contribution in [0.3, 0.4) is 0 Å². The zero-order valence-corrected chi connectivity index (χ0v) is 17.8. The van der Waals surface area contributed by atoms with Crippen molar-refractivity contribution in [2.75, 3.05) is 19.0 Å². The van der Waals surface area contributed by atoms with E-state index in [1.165, 1.54) is 11.8 Å². The van der Waals surface area contributed by atoms with Gasteiger partial charge in [0.25, 0.3) is 0 Å². The summed E-state index contributed by atoms with van der Waals surface area (Å²) in [5.41, 5.74) is 2.59. The summed E-state index contributed by atoms with van der Waals surface area (Å²) in [6, 6.07) is 15.0. The number of amidine groups is 1. The predicted molar refractivity (Wildman–Crippen MR) is 118 cm³/mol. The third kappa shape index (κ3) is 5.30. The summed E-state index contributed by atoms with van der Waals surface area (Å²) in [4.78, 5) is 26.5. The number of ketones is 1. The molecule has 0 spiro atoms. The van der Waals surface area contributed by atoms with Gasteiger partial charge in [0.05, 0.1) is 11.5 Å². The van der Waals surface area contributed by atoms with Crippen LogP contribution in [0.25, 0.3) is 0 Å². The Morgan fingerprint density at radius 2 is 1.86 bits per heavy atom. The van der Waals surface area contributed by atoms with E-state index in [2.05, 4.69) is 31.4 Å². The average molecular weight is 459 g/mol. The van der Waals surface area contributed by atoms with E-state index in [0.717, 1.165) is 15.7 Å². The molecule has 0 saturated carbocycles. The molecule has 1 heterocycles. The molecule has 1 atom stereocenters. The Bertz CT molecular complexity index is 924. The van der Waals surface area contributed by atoms with E-state index in [4.69, 9.17) is 0 Å². The number of amides is 1. The Hall–Kier alpha value is -2.45. The highest BCUT2D eigenvalue weighted by atomic mass is 79.9. The molecule has 28 heavy (non-hydrogen) atoms. The first-order valence-corrected chi connectivity index (χ1v) is 10.2. The van der Waals surface area contributed by atoms with E-state index in [-0.39, 0.29) is 18.1 Å². The van der Waals surface area contributed by atoms with Crippen LogP contribution in [0.15, 0.2) is 63.2 Å². The number of halogens is 1. The van der Waals surface area contributed by atoms with Crippen molar-refractivity contribution in [3.05, 3.63) is 64.1 Å². The molecule has 144 valence electrons. The van der Waals surface area contributed by atoms with Crippen molar-refractivity contribution in [2.24, 2.45) is 10.2 Å². The summed E-state index contributed by atoms with van der Waals surface area (Å²) < 4.78 is 0.903. The Morgan fingerprint density at radius 3 is 2.50 bits per heavy atom. The van der Waals surface area contributed by atoms with Gasteiger partial charge in [0.1, 0.15) is 0 Å². The summed E-state index contributed by atoms with van der Waals surface area (Å²) in [6.07, 6.45) is 1.74. The number of benzene rings is 2. The standard InChI is InChI=1S/C20H19BrN4O2S/c1-25(2)16-9-3-13(4-10-16)12-22-24-20-23-19(27)18(28-20)11-17(26)14-5-7-15(21)8-6-14/h3-10,12,18H,11H2,1-2H3,(H,23,24,27). The van der Waals surface area contributed by atoms with Crippen LogP contribution in [-0.2, 0) is 4.79 Å². The number of nitrogens with one attached hydrogen (secondary N) is 1. The second-order valence-corrected chi connectivity index (χ2v) is 8.47. The average Bonchev–Trinajstić information content (AvgIpc) is 3.02. The van der Waals surface area contributed by atoms with Gasteiger partial charge in [-0.3, -0.25) is 9.59 Å². The predicted octanol–water partition coefficient (Wildman–Crippen LogP) is 3.71. The quantitative estimate of drug-likeness (QED) is 0.406. The van der Waals surface area contributed by atoms with Gasteiger partial charge in [-0.15, -0.1) is 5.10 Å². The molecule has 0 aromatic heterocycles. The molecule has 0 bridgehead atoms. The minimum Gasteiger partial charge on any atom is -0.378 e. The lowest BCUT2D eigenvalue weighted by Gasteiger charge is -2.11. The highest BCUT2D eigenvalue weighted by Crippen LogP contribution is 2.24. The van der Waals surface area contributed by atoms with Crippen molar-refractivity contribution >= 4 is 56.5 Å². The van der Waals surface area contributed by atoms with Gasteiger partial charge in [-0.2, -0.15) is 5.10 Å². The lowest BCUT2D eigenvalue weighted by molar-refractivity contribution is -0.118. The summed E-state index contributed by atoms with van der Waals surface area (Å²) in [6.45, 7) is 0. The Labute approximate surface area is 176 Å². The van der Waals surface area contributed by atoms with Crippen LogP contribution < -0.4 is 10.2 Å². The second kappa shape index (κ2) is 9.16. The van der Waals surface area contributed by atoms with E-state index in [9.17, 15) is 9.59 Å². The molecule has 1 unspecified atom stereocenters. The van der Waals surface area contributed by atoms with Gasteiger partial charge >= 0.3 is 0 Å².